The molecule has 1 aliphatic rings. The second kappa shape index (κ2) is 11.7. The van der Waals surface area contributed by atoms with Crippen molar-refractivity contribution in [2.45, 2.75) is 65.9 Å². The largest absolute Gasteiger partial charge is 0.492 e. The minimum absolute atomic E-state index is 0.0692. The fourth-order valence-electron chi connectivity index (χ4n) is 4.51. The van der Waals surface area contributed by atoms with Gasteiger partial charge in [-0.1, -0.05) is 34.6 Å². The average Bonchev–Trinajstić information content (AvgIpc) is 2.68. The fourth-order valence-corrected chi connectivity index (χ4v) is 4.51. The summed E-state index contributed by atoms with van der Waals surface area (Å²) >= 11 is 0. The molecular weight excluding hydrogens is 376 g/mol. The number of hydrogen-bond acceptors (Lipinski definition) is 4. The first-order valence-electron chi connectivity index (χ1n) is 11.6. The molecule has 30 heavy (non-hydrogen) atoms. The summed E-state index contributed by atoms with van der Waals surface area (Å²) in [5, 5.41) is 3.06. The molecule has 1 fully saturated rings. The van der Waals surface area contributed by atoms with Gasteiger partial charge < -0.3 is 14.8 Å². The summed E-state index contributed by atoms with van der Waals surface area (Å²) in [5.41, 5.74) is -0.0329. The van der Waals surface area contributed by atoms with Gasteiger partial charge in [-0.2, -0.15) is 0 Å². The smallest absolute Gasteiger partial charge is 0.256 e. The van der Waals surface area contributed by atoms with Gasteiger partial charge in [-0.15, -0.1) is 0 Å². The number of likely N-dealkylation sites (tertiary alicyclic amines) is 1. The van der Waals surface area contributed by atoms with E-state index in [1.807, 2.05) is 24.3 Å². The van der Waals surface area contributed by atoms with Gasteiger partial charge in [0.1, 0.15) is 18.0 Å². The van der Waals surface area contributed by atoms with Crippen LogP contribution in [0.3, 0.4) is 0 Å². The Kier molecular flexibility index (Phi) is 9.63. The van der Waals surface area contributed by atoms with E-state index in [1.165, 1.54) is 25.9 Å². The number of benzene rings is 1. The molecule has 0 saturated carbocycles. The molecule has 0 radical (unpaired) electrons. The normalized spacial score (nSPS) is 18.1. The molecule has 1 N–H and O–H groups in total. The molecule has 1 atom stereocenters. The fraction of sp³-hybridized carbons (Fsp3) is 0.720. The van der Waals surface area contributed by atoms with Crippen molar-refractivity contribution >= 4 is 11.6 Å². The summed E-state index contributed by atoms with van der Waals surface area (Å²) in [7, 11) is 1.64. The van der Waals surface area contributed by atoms with Gasteiger partial charge in [0.15, 0.2) is 0 Å². The zero-order valence-electron chi connectivity index (χ0n) is 19.9. The van der Waals surface area contributed by atoms with Crippen LogP contribution in [0.4, 0.5) is 5.69 Å². The van der Waals surface area contributed by atoms with Crippen molar-refractivity contribution in [1.82, 2.24) is 4.90 Å². The van der Waals surface area contributed by atoms with Gasteiger partial charge in [0.2, 0.25) is 0 Å². The van der Waals surface area contributed by atoms with Gasteiger partial charge in [0.05, 0.1) is 0 Å². The minimum Gasteiger partial charge on any atom is -0.492 e. The van der Waals surface area contributed by atoms with Crippen LogP contribution in [-0.2, 0) is 9.53 Å². The van der Waals surface area contributed by atoms with E-state index in [1.54, 1.807) is 7.11 Å². The summed E-state index contributed by atoms with van der Waals surface area (Å²) in [6.45, 7) is 14.8. The number of carbonyl (C=O) groups excluding carboxylic acids is 1. The number of carbonyl (C=O) groups is 1. The second-order valence-electron chi connectivity index (χ2n) is 9.77. The van der Waals surface area contributed by atoms with E-state index in [0.717, 1.165) is 23.9 Å². The standard InChI is InChI=1S/C25H42N2O3/c1-19(2)16-25(29-6,17-20(3)4)24(28)26-22-9-11-23(12-10-22)30-15-14-27-13-7-8-21(5)18-27/h9-12,19-21H,7-8,13-18H2,1-6H3,(H,26,28). The molecule has 5 heteroatoms. The summed E-state index contributed by atoms with van der Waals surface area (Å²) in [6, 6.07) is 7.66. The Morgan fingerprint density at radius 2 is 1.80 bits per heavy atom. The quantitative estimate of drug-likeness (QED) is 0.536. The monoisotopic (exact) mass is 418 g/mol. The molecule has 2 rings (SSSR count). The van der Waals surface area contributed by atoms with E-state index >= 15 is 0 Å². The third kappa shape index (κ3) is 7.59. The van der Waals surface area contributed by atoms with Crippen LogP contribution in [-0.4, -0.2) is 49.8 Å². The first kappa shape index (κ1) is 24.7. The van der Waals surface area contributed by atoms with Crippen LogP contribution in [0.5, 0.6) is 5.75 Å². The Labute approximate surface area is 183 Å². The molecule has 1 aromatic rings. The van der Waals surface area contributed by atoms with Crippen molar-refractivity contribution < 1.29 is 14.3 Å². The summed E-state index contributed by atoms with van der Waals surface area (Å²) in [4.78, 5) is 15.6. The number of methoxy groups -OCH3 is 1. The van der Waals surface area contributed by atoms with Gasteiger partial charge in [0, 0.05) is 25.9 Å². The van der Waals surface area contributed by atoms with Crippen LogP contribution in [0.1, 0.15) is 60.3 Å². The van der Waals surface area contributed by atoms with Gasteiger partial charge in [0.25, 0.3) is 5.91 Å². The Balaban J connectivity index is 1.90. The van der Waals surface area contributed by atoms with Crippen molar-refractivity contribution in [2.75, 3.05) is 38.7 Å². The van der Waals surface area contributed by atoms with Crippen molar-refractivity contribution in [1.29, 1.82) is 0 Å². The lowest BCUT2D eigenvalue weighted by Crippen LogP contribution is -2.46. The Morgan fingerprint density at radius 1 is 1.17 bits per heavy atom. The first-order chi connectivity index (χ1) is 14.2. The summed E-state index contributed by atoms with van der Waals surface area (Å²) in [6.07, 6.45) is 4.02. The third-order valence-corrected chi connectivity index (χ3v) is 5.81. The van der Waals surface area contributed by atoms with Crippen molar-refractivity contribution in [3.05, 3.63) is 24.3 Å². The average molecular weight is 419 g/mol. The highest BCUT2D eigenvalue weighted by molar-refractivity contribution is 5.97. The van der Waals surface area contributed by atoms with Gasteiger partial charge in [-0.05, 0) is 74.2 Å². The lowest BCUT2D eigenvalue weighted by molar-refractivity contribution is -0.142. The molecule has 5 nitrogen and oxygen atoms in total. The number of hydrogen-bond donors (Lipinski definition) is 1. The zero-order chi connectivity index (χ0) is 22.1. The maximum Gasteiger partial charge on any atom is 0.256 e. The molecule has 1 unspecified atom stereocenters. The lowest BCUT2D eigenvalue weighted by Gasteiger charge is -2.34. The number of nitrogens with one attached hydrogen (secondary N) is 1. The Hall–Kier alpha value is -1.59. The molecule has 0 aromatic heterocycles. The summed E-state index contributed by atoms with van der Waals surface area (Å²) < 4.78 is 11.7. The maximum absolute atomic E-state index is 13.1. The van der Waals surface area contributed by atoms with Crippen LogP contribution in [0.25, 0.3) is 0 Å². The number of amides is 1. The number of anilines is 1. The number of piperidine rings is 1. The molecule has 1 aromatic carbocycles. The number of rotatable bonds is 11. The molecule has 1 aliphatic heterocycles. The highest BCUT2D eigenvalue weighted by Crippen LogP contribution is 2.30. The molecule has 0 bridgehead atoms. The van der Waals surface area contributed by atoms with E-state index < -0.39 is 5.60 Å². The van der Waals surface area contributed by atoms with Gasteiger partial charge in [-0.25, -0.2) is 0 Å². The van der Waals surface area contributed by atoms with E-state index in [-0.39, 0.29) is 5.91 Å². The highest BCUT2D eigenvalue weighted by Gasteiger charge is 2.39. The van der Waals surface area contributed by atoms with Crippen LogP contribution in [0.2, 0.25) is 0 Å². The van der Waals surface area contributed by atoms with Crippen molar-refractivity contribution in [3.8, 4) is 5.75 Å². The minimum atomic E-state index is -0.802. The SMILES string of the molecule is COC(CC(C)C)(CC(C)C)C(=O)Nc1ccc(OCCN2CCCC(C)C2)cc1. The number of nitrogens with zero attached hydrogens (tertiary/aromatic N) is 1. The predicted octanol–water partition coefficient (Wildman–Crippen LogP) is 5.21. The molecule has 0 aliphatic carbocycles. The first-order valence-corrected chi connectivity index (χ1v) is 11.6. The molecule has 1 amide bonds. The summed E-state index contributed by atoms with van der Waals surface area (Å²) in [5.74, 6) is 2.29. The van der Waals surface area contributed by atoms with E-state index in [9.17, 15) is 4.79 Å². The van der Waals surface area contributed by atoms with Gasteiger partial charge >= 0.3 is 0 Å². The lowest BCUT2D eigenvalue weighted by atomic mass is 9.84. The van der Waals surface area contributed by atoms with Crippen molar-refractivity contribution in [2.24, 2.45) is 17.8 Å². The van der Waals surface area contributed by atoms with Crippen molar-refractivity contribution in [3.63, 3.8) is 0 Å². The maximum atomic E-state index is 13.1. The van der Waals surface area contributed by atoms with E-state index in [2.05, 4.69) is 44.8 Å². The Bertz CT molecular complexity index is 632. The molecule has 0 spiro atoms. The van der Waals surface area contributed by atoms with E-state index in [0.29, 0.717) is 31.3 Å². The molecular formula is C25H42N2O3. The van der Waals surface area contributed by atoms with E-state index in [4.69, 9.17) is 9.47 Å². The van der Waals surface area contributed by atoms with Crippen LogP contribution >= 0.6 is 0 Å². The van der Waals surface area contributed by atoms with Crippen LogP contribution in [0, 0.1) is 17.8 Å². The topological polar surface area (TPSA) is 50.8 Å². The second-order valence-corrected chi connectivity index (χ2v) is 9.77. The molecule has 170 valence electrons. The molecule has 1 saturated heterocycles. The Morgan fingerprint density at radius 3 is 2.33 bits per heavy atom. The predicted molar refractivity (Wildman–Crippen MR) is 124 cm³/mol. The van der Waals surface area contributed by atoms with Crippen LogP contribution < -0.4 is 10.1 Å². The molecule has 1 heterocycles. The third-order valence-electron chi connectivity index (χ3n) is 5.81. The number of ether oxygens (including phenoxy) is 2. The van der Waals surface area contributed by atoms with Gasteiger partial charge in [-0.3, -0.25) is 9.69 Å². The van der Waals surface area contributed by atoms with Crippen LogP contribution in [0.15, 0.2) is 24.3 Å². The highest BCUT2D eigenvalue weighted by atomic mass is 16.5. The zero-order valence-corrected chi connectivity index (χ0v) is 19.9.